The summed E-state index contributed by atoms with van der Waals surface area (Å²) in [5, 5.41) is 11.9. The third-order valence-corrected chi connectivity index (χ3v) is 3.93. The number of carbonyl (C=O) groups is 2. The summed E-state index contributed by atoms with van der Waals surface area (Å²) >= 11 is 0. The fourth-order valence-electron chi connectivity index (χ4n) is 2.69. The second kappa shape index (κ2) is 6.08. The highest BCUT2D eigenvalue weighted by molar-refractivity contribution is 5.86. The van der Waals surface area contributed by atoms with Gasteiger partial charge >= 0.3 is 5.97 Å². The Balaban J connectivity index is 1.94. The smallest absolute Gasteiger partial charge is 0.354 e. The largest absolute Gasteiger partial charge is 0.494 e. The zero-order valence-electron chi connectivity index (χ0n) is 12.6. The van der Waals surface area contributed by atoms with Crippen LogP contribution in [-0.4, -0.2) is 35.6 Å². The predicted molar refractivity (Wildman–Crippen MR) is 83.6 cm³/mol. The first-order valence-electron chi connectivity index (χ1n) is 7.24. The average molecular weight is 312 g/mol. The number of benzene rings is 1. The zero-order chi connectivity index (χ0) is 16.4. The topological polar surface area (TPSA) is 88.5 Å². The van der Waals surface area contributed by atoms with Crippen LogP contribution in [0.2, 0.25) is 0 Å². The van der Waals surface area contributed by atoms with E-state index in [1.54, 1.807) is 6.07 Å². The van der Waals surface area contributed by atoms with Crippen LogP contribution in [0.4, 0.5) is 0 Å². The maximum Gasteiger partial charge on any atom is 0.354 e. The van der Waals surface area contributed by atoms with Crippen LogP contribution in [0.3, 0.4) is 0 Å². The molecule has 1 unspecified atom stereocenters. The standard InChI is InChI=1S/C17H16N2O4/c1-23-14-7-6-13(17(21)22)19-16(14)11-4-2-10(3-5-11)12-8-15(20)18-9-12/h2-7,12H,8-9H2,1H3,(H,18,20)(H,21,22). The van der Waals surface area contributed by atoms with Crippen LogP contribution < -0.4 is 10.1 Å². The maximum absolute atomic E-state index is 11.3. The summed E-state index contributed by atoms with van der Waals surface area (Å²) < 4.78 is 5.27. The van der Waals surface area contributed by atoms with E-state index in [0.717, 1.165) is 11.1 Å². The number of hydrogen-bond donors (Lipinski definition) is 2. The van der Waals surface area contributed by atoms with Gasteiger partial charge in [-0.1, -0.05) is 24.3 Å². The molecule has 0 radical (unpaired) electrons. The molecule has 2 aromatic rings. The Morgan fingerprint density at radius 2 is 2.00 bits per heavy atom. The third kappa shape index (κ3) is 3.01. The normalized spacial score (nSPS) is 16.9. The molecule has 1 aliphatic heterocycles. The summed E-state index contributed by atoms with van der Waals surface area (Å²) in [7, 11) is 1.52. The molecule has 6 nitrogen and oxygen atoms in total. The summed E-state index contributed by atoms with van der Waals surface area (Å²) in [5.41, 5.74) is 2.29. The minimum Gasteiger partial charge on any atom is -0.494 e. The van der Waals surface area contributed by atoms with Gasteiger partial charge in [-0.05, 0) is 17.7 Å². The van der Waals surface area contributed by atoms with Crippen molar-refractivity contribution in [3.8, 4) is 17.0 Å². The number of carboxylic acids is 1. The van der Waals surface area contributed by atoms with Crippen molar-refractivity contribution in [1.29, 1.82) is 0 Å². The van der Waals surface area contributed by atoms with E-state index in [9.17, 15) is 9.59 Å². The van der Waals surface area contributed by atoms with E-state index in [4.69, 9.17) is 9.84 Å². The van der Waals surface area contributed by atoms with Gasteiger partial charge in [0, 0.05) is 24.4 Å². The van der Waals surface area contributed by atoms with E-state index in [2.05, 4.69) is 10.3 Å². The van der Waals surface area contributed by atoms with E-state index in [1.165, 1.54) is 13.2 Å². The molecule has 1 amide bonds. The van der Waals surface area contributed by atoms with Crippen molar-refractivity contribution >= 4 is 11.9 Å². The fraction of sp³-hybridized carbons (Fsp3) is 0.235. The molecule has 6 heteroatoms. The Kier molecular flexibility index (Phi) is 3.97. The lowest BCUT2D eigenvalue weighted by molar-refractivity contribution is -0.119. The number of carbonyl (C=O) groups excluding carboxylic acids is 1. The van der Waals surface area contributed by atoms with Gasteiger partial charge in [-0.3, -0.25) is 4.79 Å². The first-order chi connectivity index (χ1) is 11.1. The second-order valence-electron chi connectivity index (χ2n) is 5.38. The molecule has 1 aliphatic rings. The SMILES string of the molecule is COc1ccc(C(=O)O)nc1-c1ccc(C2CNC(=O)C2)cc1. The first kappa shape index (κ1) is 15.0. The van der Waals surface area contributed by atoms with Gasteiger partial charge in [-0.25, -0.2) is 9.78 Å². The van der Waals surface area contributed by atoms with Gasteiger partial charge in [0.25, 0.3) is 0 Å². The molecule has 2 N–H and O–H groups in total. The van der Waals surface area contributed by atoms with Crippen molar-refractivity contribution in [3.05, 3.63) is 47.7 Å². The van der Waals surface area contributed by atoms with E-state index >= 15 is 0 Å². The molecule has 1 aromatic carbocycles. The molecule has 0 spiro atoms. The maximum atomic E-state index is 11.3. The van der Waals surface area contributed by atoms with E-state index in [1.807, 2.05) is 24.3 Å². The molecular weight excluding hydrogens is 296 g/mol. The van der Waals surface area contributed by atoms with Gasteiger partial charge in [0.2, 0.25) is 5.91 Å². The van der Waals surface area contributed by atoms with Crippen molar-refractivity contribution in [2.75, 3.05) is 13.7 Å². The molecule has 1 fully saturated rings. The second-order valence-corrected chi connectivity index (χ2v) is 5.38. The number of nitrogens with zero attached hydrogens (tertiary/aromatic N) is 1. The Hall–Kier alpha value is -2.89. The lowest BCUT2D eigenvalue weighted by Crippen LogP contribution is -2.13. The molecule has 1 atom stereocenters. The molecule has 1 saturated heterocycles. The molecular formula is C17H16N2O4. The van der Waals surface area contributed by atoms with Crippen molar-refractivity contribution in [2.24, 2.45) is 0 Å². The summed E-state index contributed by atoms with van der Waals surface area (Å²) in [6, 6.07) is 10.6. The number of aromatic carboxylic acids is 1. The van der Waals surface area contributed by atoms with E-state index < -0.39 is 5.97 Å². The van der Waals surface area contributed by atoms with Crippen molar-refractivity contribution in [1.82, 2.24) is 10.3 Å². The monoisotopic (exact) mass is 312 g/mol. The van der Waals surface area contributed by atoms with Gasteiger partial charge in [0.1, 0.15) is 17.1 Å². The number of carboxylic acid groups (broad SMARTS) is 1. The fourth-order valence-corrected chi connectivity index (χ4v) is 2.69. The van der Waals surface area contributed by atoms with Crippen LogP contribution in [0.15, 0.2) is 36.4 Å². The van der Waals surface area contributed by atoms with Crippen LogP contribution in [-0.2, 0) is 4.79 Å². The van der Waals surface area contributed by atoms with Crippen LogP contribution >= 0.6 is 0 Å². The third-order valence-electron chi connectivity index (χ3n) is 3.93. The van der Waals surface area contributed by atoms with Crippen molar-refractivity contribution in [3.63, 3.8) is 0 Å². The molecule has 0 aliphatic carbocycles. The molecule has 0 bridgehead atoms. The predicted octanol–water partition coefficient (Wildman–Crippen LogP) is 2.06. The van der Waals surface area contributed by atoms with Crippen LogP contribution in [0.1, 0.15) is 28.4 Å². The first-order valence-corrected chi connectivity index (χ1v) is 7.24. The average Bonchev–Trinajstić information content (AvgIpc) is 3.01. The van der Waals surface area contributed by atoms with Crippen molar-refractivity contribution in [2.45, 2.75) is 12.3 Å². The number of rotatable bonds is 4. The lowest BCUT2D eigenvalue weighted by Gasteiger charge is -2.11. The Labute approximate surface area is 133 Å². The number of nitrogens with one attached hydrogen (secondary N) is 1. The highest BCUT2D eigenvalue weighted by atomic mass is 16.5. The van der Waals surface area contributed by atoms with Crippen LogP contribution in [0, 0.1) is 0 Å². The Morgan fingerprint density at radius 3 is 2.57 bits per heavy atom. The quantitative estimate of drug-likeness (QED) is 0.902. The molecule has 2 heterocycles. The van der Waals surface area contributed by atoms with Crippen LogP contribution in [0.25, 0.3) is 11.3 Å². The number of hydrogen-bond acceptors (Lipinski definition) is 4. The van der Waals surface area contributed by atoms with Crippen molar-refractivity contribution < 1.29 is 19.4 Å². The van der Waals surface area contributed by atoms with Gasteiger partial charge in [0.05, 0.1) is 7.11 Å². The molecule has 1 aromatic heterocycles. The van der Waals surface area contributed by atoms with Gasteiger partial charge in [-0.2, -0.15) is 0 Å². The summed E-state index contributed by atoms with van der Waals surface area (Å²) in [6.07, 6.45) is 0.495. The number of ether oxygens (including phenoxy) is 1. The highest BCUT2D eigenvalue weighted by Gasteiger charge is 2.23. The van der Waals surface area contributed by atoms with Gasteiger partial charge in [0.15, 0.2) is 0 Å². The summed E-state index contributed by atoms with van der Waals surface area (Å²) in [5.74, 6) is -0.324. The van der Waals surface area contributed by atoms with Gasteiger partial charge in [-0.15, -0.1) is 0 Å². The van der Waals surface area contributed by atoms with Gasteiger partial charge < -0.3 is 15.2 Å². The Morgan fingerprint density at radius 1 is 1.26 bits per heavy atom. The zero-order valence-corrected chi connectivity index (χ0v) is 12.6. The molecule has 23 heavy (non-hydrogen) atoms. The number of methoxy groups -OCH3 is 1. The number of amides is 1. The van der Waals surface area contributed by atoms with E-state index in [0.29, 0.717) is 24.4 Å². The lowest BCUT2D eigenvalue weighted by atomic mass is 9.96. The minimum atomic E-state index is -1.08. The molecule has 0 saturated carbocycles. The number of aromatic nitrogens is 1. The van der Waals surface area contributed by atoms with Crippen LogP contribution in [0.5, 0.6) is 5.75 Å². The van der Waals surface area contributed by atoms with E-state index in [-0.39, 0.29) is 17.5 Å². The summed E-state index contributed by atoms with van der Waals surface area (Å²) in [6.45, 7) is 0.647. The molecule has 3 rings (SSSR count). The Bertz CT molecular complexity index is 756. The minimum absolute atomic E-state index is 0.0320. The highest BCUT2D eigenvalue weighted by Crippen LogP contribution is 2.30. The summed E-state index contributed by atoms with van der Waals surface area (Å²) in [4.78, 5) is 26.6. The number of pyridine rings is 1. The molecule has 118 valence electrons.